The molecule has 6 heteroatoms. The van der Waals surface area contributed by atoms with Crippen molar-refractivity contribution in [3.63, 3.8) is 0 Å². The molecule has 1 aromatic heterocycles. The van der Waals surface area contributed by atoms with Crippen molar-refractivity contribution in [1.82, 2.24) is 10.3 Å². The summed E-state index contributed by atoms with van der Waals surface area (Å²) < 4.78 is 12.5. The van der Waals surface area contributed by atoms with Gasteiger partial charge < -0.3 is 15.4 Å². The summed E-state index contributed by atoms with van der Waals surface area (Å²) >= 11 is 0. The molecule has 0 aliphatic carbocycles. The number of aromatic nitrogens is 1. The molecule has 0 spiro atoms. The summed E-state index contributed by atoms with van der Waals surface area (Å²) in [5.74, 6) is -1.89. The number of amides is 1. The van der Waals surface area contributed by atoms with Crippen LogP contribution in [0.5, 0.6) is 0 Å². The zero-order chi connectivity index (χ0) is 14.7. The van der Waals surface area contributed by atoms with Gasteiger partial charge in [-0.15, -0.1) is 0 Å². The van der Waals surface area contributed by atoms with Crippen LogP contribution in [0.15, 0.2) is 24.4 Å². The highest BCUT2D eigenvalue weighted by Gasteiger charge is 2.20. The lowest BCUT2D eigenvalue weighted by atomic mass is 10.1. The molecule has 0 saturated carbocycles. The van der Waals surface area contributed by atoms with E-state index in [1.807, 2.05) is 25.1 Å². The van der Waals surface area contributed by atoms with Gasteiger partial charge in [-0.3, -0.25) is 4.79 Å². The lowest BCUT2D eigenvalue weighted by Crippen LogP contribution is -2.42. The van der Waals surface area contributed by atoms with Crippen molar-refractivity contribution in [1.29, 1.82) is 0 Å². The highest BCUT2D eigenvalue weighted by molar-refractivity contribution is 5.92. The molecule has 2 aromatic rings. The largest absolute Gasteiger partial charge is 0.480 e. The molecular formula is C14H15FN2O3. The molecule has 0 bridgehead atoms. The van der Waals surface area contributed by atoms with E-state index in [0.29, 0.717) is 0 Å². The van der Waals surface area contributed by atoms with Gasteiger partial charge in [-0.1, -0.05) is 12.1 Å². The van der Waals surface area contributed by atoms with Crippen LogP contribution in [0.2, 0.25) is 0 Å². The van der Waals surface area contributed by atoms with E-state index >= 15 is 0 Å². The molecule has 1 amide bonds. The molecule has 1 unspecified atom stereocenters. The number of nitrogens with one attached hydrogen (secondary N) is 2. The first kappa shape index (κ1) is 14.0. The Bertz CT molecular complexity index is 651. The average molecular weight is 278 g/mol. The molecule has 0 radical (unpaired) electrons. The van der Waals surface area contributed by atoms with E-state index in [9.17, 15) is 14.0 Å². The number of alkyl halides is 1. The van der Waals surface area contributed by atoms with Gasteiger partial charge in [0.05, 0.1) is 6.42 Å². The minimum atomic E-state index is -1.49. The van der Waals surface area contributed by atoms with Crippen LogP contribution >= 0.6 is 0 Å². The summed E-state index contributed by atoms with van der Waals surface area (Å²) in [7, 11) is 0. The highest BCUT2D eigenvalue weighted by Crippen LogP contribution is 2.22. The quantitative estimate of drug-likeness (QED) is 0.776. The average Bonchev–Trinajstić information content (AvgIpc) is 2.80. The second-order valence-corrected chi connectivity index (χ2v) is 4.60. The summed E-state index contributed by atoms with van der Waals surface area (Å²) in [4.78, 5) is 25.5. The summed E-state index contributed by atoms with van der Waals surface area (Å²) in [6.45, 7) is 0.799. The number of carbonyl (C=O) groups is 2. The molecular weight excluding hydrogens is 263 g/mol. The number of carboxylic acids is 1. The predicted molar refractivity (Wildman–Crippen MR) is 72.3 cm³/mol. The van der Waals surface area contributed by atoms with Crippen LogP contribution < -0.4 is 5.32 Å². The van der Waals surface area contributed by atoms with Crippen molar-refractivity contribution >= 4 is 22.8 Å². The van der Waals surface area contributed by atoms with Gasteiger partial charge in [0.25, 0.3) is 0 Å². The number of halogens is 1. The van der Waals surface area contributed by atoms with E-state index in [4.69, 9.17) is 5.11 Å². The zero-order valence-corrected chi connectivity index (χ0v) is 10.9. The number of aryl methyl sites for hydroxylation is 1. The van der Waals surface area contributed by atoms with Crippen molar-refractivity contribution < 1.29 is 19.1 Å². The number of carbonyl (C=O) groups excluding carboxylic acids is 1. The smallest absolute Gasteiger partial charge is 0.328 e. The fourth-order valence-electron chi connectivity index (χ4n) is 2.18. The van der Waals surface area contributed by atoms with Crippen LogP contribution in [0.3, 0.4) is 0 Å². The van der Waals surface area contributed by atoms with Gasteiger partial charge in [0.15, 0.2) is 6.04 Å². The Balaban J connectivity index is 2.16. The molecule has 3 N–H and O–H groups in total. The molecule has 0 aliphatic rings. The van der Waals surface area contributed by atoms with Crippen LogP contribution in [0, 0.1) is 6.92 Å². The molecule has 20 heavy (non-hydrogen) atoms. The third-order valence-corrected chi connectivity index (χ3v) is 3.13. The topological polar surface area (TPSA) is 82.2 Å². The van der Waals surface area contributed by atoms with Crippen molar-refractivity contribution in [3.05, 3.63) is 35.5 Å². The number of hydrogen-bond acceptors (Lipinski definition) is 2. The van der Waals surface area contributed by atoms with Gasteiger partial charge in [0.2, 0.25) is 5.91 Å². The van der Waals surface area contributed by atoms with Gasteiger partial charge in [-0.25, -0.2) is 9.18 Å². The van der Waals surface area contributed by atoms with Crippen molar-refractivity contribution in [2.24, 2.45) is 0 Å². The van der Waals surface area contributed by atoms with Crippen LogP contribution in [-0.4, -0.2) is 34.7 Å². The molecule has 106 valence electrons. The molecule has 0 saturated heterocycles. The molecule has 0 fully saturated rings. The van der Waals surface area contributed by atoms with Gasteiger partial charge in [-0.2, -0.15) is 0 Å². The lowest BCUT2D eigenvalue weighted by molar-refractivity contribution is -0.142. The maximum absolute atomic E-state index is 12.5. The fraction of sp³-hybridized carbons (Fsp3) is 0.286. The van der Waals surface area contributed by atoms with E-state index in [-0.39, 0.29) is 6.42 Å². The Morgan fingerprint density at radius 2 is 2.20 bits per heavy atom. The van der Waals surface area contributed by atoms with Crippen LogP contribution in [0.4, 0.5) is 4.39 Å². The Hall–Kier alpha value is -2.37. The third kappa shape index (κ3) is 2.79. The first-order valence-corrected chi connectivity index (χ1v) is 6.16. The first-order chi connectivity index (χ1) is 9.52. The predicted octanol–water partition coefficient (Wildman–Crippen LogP) is 1.56. The number of H-pyrrole nitrogens is 1. The summed E-state index contributed by atoms with van der Waals surface area (Å²) in [5.41, 5.74) is 2.69. The number of rotatable bonds is 5. The second-order valence-electron chi connectivity index (χ2n) is 4.60. The summed E-state index contributed by atoms with van der Waals surface area (Å²) in [5, 5.41) is 11.8. The molecule has 2 rings (SSSR count). The van der Waals surface area contributed by atoms with E-state index < -0.39 is 24.6 Å². The minimum Gasteiger partial charge on any atom is -0.480 e. The standard InChI is InChI=1S/C14H15FN2O3/c1-8-3-2-4-10-13(8)9(7-16-10)5-12(18)17-11(6-15)14(19)20/h2-4,7,11,16H,5-6H2,1H3,(H,17,18)(H,19,20). The Kier molecular flexibility index (Phi) is 4.02. The normalized spacial score (nSPS) is 12.3. The number of benzene rings is 1. The van der Waals surface area contributed by atoms with E-state index in [0.717, 1.165) is 22.0 Å². The maximum atomic E-state index is 12.5. The molecule has 1 heterocycles. The number of aromatic amines is 1. The van der Waals surface area contributed by atoms with Crippen molar-refractivity contribution in [2.75, 3.05) is 6.67 Å². The van der Waals surface area contributed by atoms with Gasteiger partial charge in [0, 0.05) is 17.1 Å². The molecule has 1 atom stereocenters. The summed E-state index contributed by atoms with van der Waals surface area (Å²) in [6.07, 6.45) is 1.72. The van der Waals surface area contributed by atoms with Crippen LogP contribution in [-0.2, 0) is 16.0 Å². The van der Waals surface area contributed by atoms with E-state index in [1.54, 1.807) is 6.20 Å². The third-order valence-electron chi connectivity index (χ3n) is 3.13. The Morgan fingerprint density at radius 1 is 1.45 bits per heavy atom. The fourth-order valence-corrected chi connectivity index (χ4v) is 2.18. The molecule has 5 nitrogen and oxygen atoms in total. The number of fused-ring (bicyclic) bond motifs is 1. The Morgan fingerprint density at radius 3 is 2.85 bits per heavy atom. The monoisotopic (exact) mass is 278 g/mol. The Labute approximate surface area is 114 Å². The zero-order valence-electron chi connectivity index (χ0n) is 10.9. The maximum Gasteiger partial charge on any atom is 0.328 e. The van der Waals surface area contributed by atoms with Gasteiger partial charge in [0.1, 0.15) is 6.67 Å². The first-order valence-electron chi connectivity index (χ1n) is 6.16. The summed E-state index contributed by atoms with van der Waals surface area (Å²) in [6, 6.07) is 4.24. The van der Waals surface area contributed by atoms with Gasteiger partial charge in [-0.05, 0) is 24.1 Å². The van der Waals surface area contributed by atoms with Crippen LogP contribution in [0.1, 0.15) is 11.1 Å². The number of aliphatic carboxylic acids is 1. The van der Waals surface area contributed by atoms with Gasteiger partial charge >= 0.3 is 5.97 Å². The SMILES string of the molecule is Cc1cccc2[nH]cc(CC(=O)NC(CF)C(=O)O)c12. The number of hydrogen-bond donors (Lipinski definition) is 3. The number of carboxylic acid groups (broad SMARTS) is 1. The van der Waals surface area contributed by atoms with Crippen LogP contribution in [0.25, 0.3) is 10.9 Å². The minimum absolute atomic E-state index is 0.00856. The second kappa shape index (κ2) is 5.73. The highest BCUT2D eigenvalue weighted by atomic mass is 19.1. The lowest BCUT2D eigenvalue weighted by Gasteiger charge is -2.10. The molecule has 1 aromatic carbocycles. The van der Waals surface area contributed by atoms with Crippen molar-refractivity contribution in [3.8, 4) is 0 Å². The van der Waals surface area contributed by atoms with Crippen molar-refractivity contribution in [2.45, 2.75) is 19.4 Å². The van der Waals surface area contributed by atoms with E-state index in [1.165, 1.54) is 0 Å². The molecule has 0 aliphatic heterocycles. The van der Waals surface area contributed by atoms with E-state index in [2.05, 4.69) is 10.3 Å².